The van der Waals surface area contributed by atoms with Crippen LogP contribution in [0, 0.1) is 19.8 Å². The molecular weight excluding hydrogens is 189 g/mol. The van der Waals surface area contributed by atoms with E-state index in [2.05, 4.69) is 0 Å². The van der Waals surface area contributed by atoms with E-state index in [1.54, 1.807) is 0 Å². The van der Waals surface area contributed by atoms with Crippen LogP contribution < -0.4 is 5.73 Å². The third-order valence-corrected chi connectivity index (χ3v) is 2.91. The van der Waals surface area contributed by atoms with Crippen LogP contribution in [0.25, 0.3) is 0 Å². The molecule has 0 spiro atoms. The van der Waals surface area contributed by atoms with Crippen molar-refractivity contribution in [2.75, 3.05) is 6.54 Å². The summed E-state index contributed by atoms with van der Waals surface area (Å²) in [6.45, 7) is 7.73. The second-order valence-electron chi connectivity index (χ2n) is 4.60. The van der Waals surface area contributed by atoms with Gasteiger partial charge in [-0.15, -0.1) is 0 Å². The molecule has 84 valence electrons. The van der Waals surface area contributed by atoms with Gasteiger partial charge in [0.2, 0.25) is 0 Å². The van der Waals surface area contributed by atoms with E-state index in [4.69, 9.17) is 5.73 Å². The van der Waals surface area contributed by atoms with Gasteiger partial charge in [-0.2, -0.15) is 0 Å². The molecule has 0 aliphatic rings. The second kappa shape index (κ2) is 4.31. The molecule has 1 unspecified atom stereocenters. The van der Waals surface area contributed by atoms with Crippen LogP contribution in [0.15, 0.2) is 18.2 Å². The van der Waals surface area contributed by atoms with Gasteiger partial charge in [-0.1, -0.05) is 43.2 Å². The number of hydrogen-bond donors (Lipinski definition) is 1. The van der Waals surface area contributed by atoms with E-state index in [0.717, 1.165) is 11.1 Å². The summed E-state index contributed by atoms with van der Waals surface area (Å²) in [6.07, 6.45) is 0. The first kappa shape index (κ1) is 12.2. The molecule has 0 aliphatic heterocycles. The Morgan fingerprint density at radius 1 is 1.20 bits per heavy atom. The zero-order chi connectivity index (χ0) is 11.6. The van der Waals surface area contributed by atoms with Gasteiger partial charge in [0.25, 0.3) is 0 Å². The van der Waals surface area contributed by atoms with Gasteiger partial charge < -0.3 is 5.73 Å². The summed E-state index contributed by atoms with van der Waals surface area (Å²) in [7, 11) is 0. The van der Waals surface area contributed by atoms with E-state index in [0.29, 0.717) is 5.56 Å². The number of rotatable bonds is 3. The van der Waals surface area contributed by atoms with E-state index < -0.39 is 5.67 Å². The molecule has 2 N–H and O–H groups in total. The van der Waals surface area contributed by atoms with Crippen molar-refractivity contribution in [3.05, 3.63) is 34.9 Å². The Morgan fingerprint density at radius 3 is 2.00 bits per heavy atom. The smallest absolute Gasteiger partial charge is 0.150 e. The van der Waals surface area contributed by atoms with Crippen LogP contribution in [0.3, 0.4) is 0 Å². The highest BCUT2D eigenvalue weighted by atomic mass is 19.1. The van der Waals surface area contributed by atoms with Crippen molar-refractivity contribution in [1.29, 1.82) is 0 Å². The van der Waals surface area contributed by atoms with Crippen molar-refractivity contribution in [1.82, 2.24) is 0 Å². The number of nitrogens with two attached hydrogens (primary N) is 1. The minimum Gasteiger partial charge on any atom is -0.327 e. The van der Waals surface area contributed by atoms with Gasteiger partial charge in [-0.25, -0.2) is 4.39 Å². The van der Waals surface area contributed by atoms with Gasteiger partial charge in [0.05, 0.1) is 0 Å². The lowest BCUT2D eigenvalue weighted by molar-refractivity contribution is 0.109. The molecule has 0 aliphatic carbocycles. The molecule has 0 fully saturated rings. The van der Waals surface area contributed by atoms with Crippen LogP contribution in [0.5, 0.6) is 0 Å². The molecule has 15 heavy (non-hydrogen) atoms. The average molecular weight is 209 g/mol. The number of aryl methyl sites for hydroxylation is 2. The molecule has 0 amide bonds. The summed E-state index contributed by atoms with van der Waals surface area (Å²) in [5, 5.41) is 0. The van der Waals surface area contributed by atoms with Crippen molar-refractivity contribution < 1.29 is 4.39 Å². The Balaban J connectivity index is 3.23. The highest BCUT2D eigenvalue weighted by Gasteiger charge is 2.34. The summed E-state index contributed by atoms with van der Waals surface area (Å²) >= 11 is 0. The fourth-order valence-electron chi connectivity index (χ4n) is 1.90. The highest BCUT2D eigenvalue weighted by molar-refractivity contribution is 5.33. The third-order valence-electron chi connectivity index (χ3n) is 2.91. The van der Waals surface area contributed by atoms with Gasteiger partial charge >= 0.3 is 0 Å². The topological polar surface area (TPSA) is 26.0 Å². The van der Waals surface area contributed by atoms with E-state index >= 15 is 0 Å². The fourth-order valence-corrected chi connectivity index (χ4v) is 1.90. The molecule has 1 rings (SSSR count). The monoisotopic (exact) mass is 209 g/mol. The Bertz CT molecular complexity index is 326. The lowest BCUT2D eigenvalue weighted by atomic mass is 9.84. The predicted octanol–water partition coefficient (Wildman–Crippen LogP) is 3.08. The molecule has 0 radical (unpaired) electrons. The number of benzene rings is 1. The standard InChI is InChI=1S/C13H20FN/c1-9(2)13(14,8-15)12-6-10(3)5-11(4)7-12/h5-7,9H,8,15H2,1-4H3. The molecule has 0 aromatic heterocycles. The maximum Gasteiger partial charge on any atom is 0.150 e. The third kappa shape index (κ3) is 2.37. The molecule has 0 saturated carbocycles. The summed E-state index contributed by atoms with van der Waals surface area (Å²) in [5.74, 6) is -0.108. The number of hydrogen-bond acceptors (Lipinski definition) is 1. The van der Waals surface area contributed by atoms with Gasteiger partial charge in [-0.05, 0) is 25.3 Å². The first-order chi connectivity index (χ1) is 6.90. The summed E-state index contributed by atoms with van der Waals surface area (Å²) in [4.78, 5) is 0. The first-order valence-electron chi connectivity index (χ1n) is 5.38. The molecule has 0 bridgehead atoms. The second-order valence-corrected chi connectivity index (χ2v) is 4.60. The maximum absolute atomic E-state index is 14.6. The number of alkyl halides is 1. The SMILES string of the molecule is Cc1cc(C)cc(C(F)(CN)C(C)C)c1. The Morgan fingerprint density at radius 2 is 1.67 bits per heavy atom. The molecule has 2 heteroatoms. The summed E-state index contributed by atoms with van der Waals surface area (Å²) in [6, 6.07) is 5.82. The quantitative estimate of drug-likeness (QED) is 0.813. The summed E-state index contributed by atoms with van der Waals surface area (Å²) in [5.41, 5.74) is 7.03. The maximum atomic E-state index is 14.6. The fraction of sp³-hybridized carbons (Fsp3) is 0.538. The van der Waals surface area contributed by atoms with Crippen LogP contribution in [0.4, 0.5) is 4.39 Å². The van der Waals surface area contributed by atoms with Crippen LogP contribution in [-0.2, 0) is 5.67 Å². The molecule has 1 aromatic rings. The molecule has 1 atom stereocenters. The molecule has 1 aromatic carbocycles. The predicted molar refractivity (Wildman–Crippen MR) is 62.6 cm³/mol. The zero-order valence-corrected chi connectivity index (χ0v) is 9.97. The molecule has 1 nitrogen and oxygen atoms in total. The normalized spacial score (nSPS) is 15.4. The van der Waals surface area contributed by atoms with Crippen LogP contribution >= 0.6 is 0 Å². The Hall–Kier alpha value is -0.890. The van der Waals surface area contributed by atoms with Crippen molar-refractivity contribution in [2.45, 2.75) is 33.4 Å². The van der Waals surface area contributed by atoms with Crippen molar-refractivity contribution in [3.63, 3.8) is 0 Å². The van der Waals surface area contributed by atoms with Crippen LogP contribution in [-0.4, -0.2) is 6.54 Å². The van der Waals surface area contributed by atoms with Crippen molar-refractivity contribution >= 4 is 0 Å². The first-order valence-corrected chi connectivity index (χ1v) is 5.38. The van der Waals surface area contributed by atoms with Crippen LogP contribution in [0.1, 0.15) is 30.5 Å². The van der Waals surface area contributed by atoms with Gasteiger partial charge in [0.1, 0.15) is 5.67 Å². The van der Waals surface area contributed by atoms with Crippen molar-refractivity contribution in [3.8, 4) is 0 Å². The van der Waals surface area contributed by atoms with E-state index in [9.17, 15) is 4.39 Å². The van der Waals surface area contributed by atoms with Gasteiger partial charge in [0.15, 0.2) is 0 Å². The lowest BCUT2D eigenvalue weighted by Crippen LogP contribution is -2.35. The van der Waals surface area contributed by atoms with E-state index in [-0.39, 0.29) is 12.5 Å². The Labute approximate surface area is 91.5 Å². The van der Waals surface area contributed by atoms with E-state index in [1.165, 1.54) is 0 Å². The van der Waals surface area contributed by atoms with E-state index in [1.807, 2.05) is 45.9 Å². The lowest BCUT2D eigenvalue weighted by Gasteiger charge is -2.29. The average Bonchev–Trinajstić information content (AvgIpc) is 2.14. The van der Waals surface area contributed by atoms with Crippen molar-refractivity contribution in [2.24, 2.45) is 11.7 Å². The molecule has 0 heterocycles. The van der Waals surface area contributed by atoms with Crippen LogP contribution in [0.2, 0.25) is 0 Å². The Kier molecular flexibility index (Phi) is 3.50. The zero-order valence-electron chi connectivity index (χ0n) is 9.97. The highest BCUT2D eigenvalue weighted by Crippen LogP contribution is 2.33. The minimum absolute atomic E-state index is 0.0353. The van der Waals surface area contributed by atoms with Gasteiger partial charge in [-0.3, -0.25) is 0 Å². The number of halogens is 1. The van der Waals surface area contributed by atoms with Gasteiger partial charge in [0, 0.05) is 6.54 Å². The molecular formula is C13H20FN. The molecule has 0 saturated heterocycles. The largest absolute Gasteiger partial charge is 0.327 e. The minimum atomic E-state index is -1.41. The summed E-state index contributed by atoms with van der Waals surface area (Å²) < 4.78 is 14.6.